The van der Waals surface area contributed by atoms with Gasteiger partial charge in [-0.25, -0.2) is 4.79 Å². The Hall–Kier alpha value is -2.41. The van der Waals surface area contributed by atoms with Crippen LogP contribution >= 0.6 is 0 Å². The third-order valence-electron chi connectivity index (χ3n) is 4.69. The Labute approximate surface area is 153 Å². The second-order valence-corrected chi connectivity index (χ2v) is 7.00. The van der Waals surface area contributed by atoms with Gasteiger partial charge in [0.25, 0.3) is 0 Å². The zero-order valence-electron chi connectivity index (χ0n) is 15.7. The molecule has 0 bridgehead atoms. The van der Waals surface area contributed by atoms with Crippen molar-refractivity contribution in [3.05, 3.63) is 35.9 Å². The Bertz CT molecular complexity index is 645. The van der Waals surface area contributed by atoms with Gasteiger partial charge in [-0.3, -0.25) is 9.59 Å². The summed E-state index contributed by atoms with van der Waals surface area (Å²) in [6.07, 6.45) is -1.20. The summed E-state index contributed by atoms with van der Waals surface area (Å²) in [6.45, 7) is 6.88. The van der Waals surface area contributed by atoms with Crippen molar-refractivity contribution in [2.75, 3.05) is 6.54 Å². The van der Waals surface area contributed by atoms with Crippen LogP contribution in [0.2, 0.25) is 0 Å². The van der Waals surface area contributed by atoms with Gasteiger partial charge in [0.15, 0.2) is 6.10 Å². The molecule has 1 aromatic carbocycles. The summed E-state index contributed by atoms with van der Waals surface area (Å²) in [5.74, 6) is -2.10. The molecule has 0 unspecified atom stereocenters. The fourth-order valence-corrected chi connectivity index (χ4v) is 2.68. The Morgan fingerprint density at radius 2 is 1.73 bits per heavy atom. The highest BCUT2D eigenvalue weighted by atomic mass is 16.4. The molecule has 4 N–H and O–H groups in total. The van der Waals surface area contributed by atoms with Crippen molar-refractivity contribution in [3.63, 3.8) is 0 Å². The molecule has 144 valence electrons. The van der Waals surface area contributed by atoms with Gasteiger partial charge in [-0.05, 0) is 18.4 Å². The molecule has 0 heterocycles. The van der Waals surface area contributed by atoms with Crippen LogP contribution in [0.5, 0.6) is 0 Å². The van der Waals surface area contributed by atoms with Crippen LogP contribution in [0.15, 0.2) is 30.3 Å². The molecule has 0 fully saturated rings. The number of hydrogen-bond acceptors (Lipinski definition) is 4. The maximum atomic E-state index is 12.3. The van der Waals surface area contributed by atoms with Crippen LogP contribution in [0.4, 0.5) is 0 Å². The Balaban J connectivity index is 3.16. The van der Waals surface area contributed by atoms with E-state index in [0.29, 0.717) is 12.0 Å². The van der Waals surface area contributed by atoms with Crippen molar-refractivity contribution in [1.82, 2.24) is 10.6 Å². The Morgan fingerprint density at radius 3 is 2.19 bits per heavy atom. The van der Waals surface area contributed by atoms with Crippen molar-refractivity contribution in [2.45, 2.75) is 52.2 Å². The van der Waals surface area contributed by atoms with E-state index in [2.05, 4.69) is 10.6 Å². The smallest absolute Gasteiger partial charge is 0.335 e. The van der Waals surface area contributed by atoms with Crippen molar-refractivity contribution in [3.8, 4) is 0 Å². The number of carboxylic acid groups (broad SMARTS) is 1. The van der Waals surface area contributed by atoms with E-state index in [0.717, 1.165) is 0 Å². The summed E-state index contributed by atoms with van der Waals surface area (Å²) in [5.41, 5.74) is -1.66. The average Bonchev–Trinajstić information content (AvgIpc) is 2.60. The first-order chi connectivity index (χ1) is 12.1. The lowest BCUT2D eigenvalue weighted by atomic mass is 9.80. The van der Waals surface area contributed by atoms with E-state index in [1.54, 1.807) is 30.3 Å². The van der Waals surface area contributed by atoms with E-state index in [1.807, 2.05) is 20.8 Å². The molecule has 7 heteroatoms. The molecule has 1 rings (SSSR count). The maximum absolute atomic E-state index is 12.3. The lowest BCUT2D eigenvalue weighted by molar-refractivity contribution is -0.153. The van der Waals surface area contributed by atoms with Crippen LogP contribution in [0.1, 0.15) is 46.1 Å². The number of amides is 2. The quantitative estimate of drug-likeness (QED) is 0.529. The number of aliphatic hydroxyl groups excluding tert-OH is 1. The molecule has 0 saturated heterocycles. The number of aliphatic carboxylic acids is 1. The number of carboxylic acids is 1. The molecule has 7 nitrogen and oxygen atoms in total. The maximum Gasteiger partial charge on any atom is 0.335 e. The van der Waals surface area contributed by atoms with E-state index in [-0.39, 0.29) is 18.9 Å². The largest absolute Gasteiger partial charge is 0.479 e. The summed E-state index contributed by atoms with van der Waals surface area (Å²) < 4.78 is 0. The van der Waals surface area contributed by atoms with E-state index in [4.69, 9.17) is 0 Å². The Kier molecular flexibility index (Phi) is 7.32. The first-order valence-electron chi connectivity index (χ1n) is 8.60. The summed E-state index contributed by atoms with van der Waals surface area (Å²) in [5, 5.41) is 25.1. The van der Waals surface area contributed by atoms with Crippen molar-refractivity contribution >= 4 is 17.8 Å². The normalized spacial score (nSPS) is 14.8. The molecule has 1 aromatic rings. The minimum absolute atomic E-state index is 0.0234. The van der Waals surface area contributed by atoms with Crippen molar-refractivity contribution in [2.24, 2.45) is 5.41 Å². The number of benzene rings is 1. The molecule has 0 aliphatic carbocycles. The van der Waals surface area contributed by atoms with Gasteiger partial charge in [-0.1, -0.05) is 51.1 Å². The average molecular weight is 364 g/mol. The number of hydrogen-bond donors (Lipinski definition) is 4. The monoisotopic (exact) mass is 364 g/mol. The van der Waals surface area contributed by atoms with Gasteiger partial charge in [0.2, 0.25) is 11.8 Å². The molecule has 2 amide bonds. The third-order valence-corrected chi connectivity index (χ3v) is 4.69. The van der Waals surface area contributed by atoms with Gasteiger partial charge in [0.1, 0.15) is 5.54 Å². The van der Waals surface area contributed by atoms with Gasteiger partial charge in [0, 0.05) is 18.9 Å². The van der Waals surface area contributed by atoms with Gasteiger partial charge >= 0.3 is 5.97 Å². The predicted octanol–water partition coefficient (Wildman–Crippen LogP) is 1.41. The highest BCUT2D eigenvalue weighted by Gasteiger charge is 2.44. The van der Waals surface area contributed by atoms with Crippen molar-refractivity contribution in [1.29, 1.82) is 0 Å². The highest BCUT2D eigenvalue weighted by molar-refractivity contribution is 5.82. The predicted molar refractivity (Wildman–Crippen MR) is 97.3 cm³/mol. The lowest BCUT2D eigenvalue weighted by Crippen LogP contribution is -2.57. The number of nitrogens with one attached hydrogen (secondary N) is 2. The molecular weight excluding hydrogens is 336 g/mol. The van der Waals surface area contributed by atoms with Gasteiger partial charge < -0.3 is 20.8 Å². The summed E-state index contributed by atoms with van der Waals surface area (Å²) in [4.78, 5) is 35.5. The first-order valence-corrected chi connectivity index (χ1v) is 8.60. The van der Waals surface area contributed by atoms with Crippen LogP contribution in [0.3, 0.4) is 0 Å². The highest BCUT2D eigenvalue weighted by Crippen LogP contribution is 2.30. The van der Waals surface area contributed by atoms with Crippen LogP contribution in [-0.2, 0) is 19.9 Å². The molecule has 0 spiro atoms. The van der Waals surface area contributed by atoms with E-state index < -0.39 is 28.9 Å². The van der Waals surface area contributed by atoms with Crippen LogP contribution in [-0.4, -0.2) is 40.6 Å². The van der Waals surface area contributed by atoms with Crippen molar-refractivity contribution < 1.29 is 24.6 Å². The molecule has 2 atom stereocenters. The van der Waals surface area contributed by atoms with Gasteiger partial charge in [-0.15, -0.1) is 0 Å². The SMILES string of the molecule is CCC(C)(C)C(=O)NCC[C@](NC(C)=O)(c1ccccc1)[C@@H](O)C(=O)O. The molecular formula is C19H28N2O5. The second kappa shape index (κ2) is 8.80. The summed E-state index contributed by atoms with van der Waals surface area (Å²) >= 11 is 0. The number of carbonyl (C=O) groups is 3. The van der Waals surface area contributed by atoms with Crippen LogP contribution in [0, 0.1) is 5.41 Å². The third kappa shape index (κ3) is 5.05. The zero-order valence-corrected chi connectivity index (χ0v) is 15.7. The Morgan fingerprint density at radius 1 is 1.15 bits per heavy atom. The van der Waals surface area contributed by atoms with E-state index in [9.17, 15) is 24.6 Å². The molecule has 0 saturated carbocycles. The standard InChI is InChI=1S/C19H28N2O5/c1-5-18(3,4)17(26)20-12-11-19(21-13(2)22,15(23)16(24)25)14-9-7-6-8-10-14/h6-10,15,23H,5,11-12H2,1-4H3,(H,20,26)(H,21,22)(H,24,25)/t15-,19-/m0/s1. The second-order valence-electron chi connectivity index (χ2n) is 7.00. The number of rotatable bonds is 9. The topological polar surface area (TPSA) is 116 Å². The summed E-state index contributed by atoms with van der Waals surface area (Å²) in [6, 6.07) is 8.42. The molecule has 0 aliphatic rings. The number of carbonyl (C=O) groups excluding carboxylic acids is 2. The number of aliphatic hydroxyl groups is 1. The van der Waals surface area contributed by atoms with E-state index >= 15 is 0 Å². The zero-order chi connectivity index (χ0) is 20.0. The van der Waals surface area contributed by atoms with Gasteiger partial charge in [0.05, 0.1) is 0 Å². The molecule has 26 heavy (non-hydrogen) atoms. The van der Waals surface area contributed by atoms with Crippen LogP contribution in [0.25, 0.3) is 0 Å². The first kappa shape index (κ1) is 21.6. The minimum Gasteiger partial charge on any atom is -0.479 e. The molecule has 0 aliphatic heterocycles. The summed E-state index contributed by atoms with van der Waals surface area (Å²) in [7, 11) is 0. The van der Waals surface area contributed by atoms with Crippen LogP contribution < -0.4 is 10.6 Å². The molecule has 0 radical (unpaired) electrons. The molecule has 0 aromatic heterocycles. The van der Waals surface area contributed by atoms with E-state index in [1.165, 1.54) is 6.92 Å². The fraction of sp³-hybridized carbons (Fsp3) is 0.526. The minimum atomic E-state index is -1.87. The lowest BCUT2D eigenvalue weighted by Gasteiger charge is -2.37. The van der Waals surface area contributed by atoms with Gasteiger partial charge in [-0.2, -0.15) is 0 Å². The fourth-order valence-electron chi connectivity index (χ4n) is 2.68.